The van der Waals surface area contributed by atoms with Crippen LogP contribution in [0.2, 0.25) is 0 Å². The van der Waals surface area contributed by atoms with Crippen LogP contribution in [-0.4, -0.2) is 36.2 Å². The Morgan fingerprint density at radius 1 is 1.33 bits per heavy atom. The summed E-state index contributed by atoms with van der Waals surface area (Å²) in [6.45, 7) is 0. The predicted molar refractivity (Wildman–Crippen MR) is 41.7 cm³/mol. The molecule has 0 saturated heterocycles. The molecule has 1 atom stereocenters. The largest absolute Gasteiger partial charge is 0.349 e. The molecule has 0 aromatic heterocycles. The monoisotopic (exact) mass is 164 g/mol. The van der Waals surface area contributed by atoms with Crippen molar-refractivity contribution in [2.24, 2.45) is 15.0 Å². The number of rotatable bonds is 0. The van der Waals surface area contributed by atoms with Gasteiger partial charge in [-0.05, 0) is 0 Å². The van der Waals surface area contributed by atoms with E-state index in [0.29, 0.717) is 0 Å². The number of aliphatic imine (C=N–C) groups is 3. The smallest absolute Gasteiger partial charge is 0.274 e. The Labute approximate surface area is 67.1 Å². The zero-order valence-electron chi connectivity index (χ0n) is 5.89. The van der Waals surface area contributed by atoms with Crippen LogP contribution in [0.5, 0.6) is 0 Å². The summed E-state index contributed by atoms with van der Waals surface area (Å²) in [4.78, 5) is 32.8. The van der Waals surface area contributed by atoms with Gasteiger partial charge in [-0.15, -0.1) is 0 Å². The minimum atomic E-state index is -0.743. The Balaban J connectivity index is 2.43. The lowest BCUT2D eigenvalue weighted by atomic mass is 10.2. The quantitative estimate of drug-likeness (QED) is 0.506. The number of nitrogens with zero attached hydrogens (tertiary/aromatic N) is 3. The summed E-state index contributed by atoms with van der Waals surface area (Å²) < 4.78 is 0. The number of hydrogen-bond donors (Lipinski definition) is 1. The lowest BCUT2D eigenvalue weighted by Gasteiger charge is -2.16. The molecule has 0 radical (unpaired) electrons. The van der Waals surface area contributed by atoms with E-state index >= 15 is 0 Å². The van der Waals surface area contributed by atoms with E-state index in [9.17, 15) is 9.59 Å². The number of amides is 3. The van der Waals surface area contributed by atoms with Gasteiger partial charge in [0, 0.05) is 12.4 Å². The molecular weight excluding hydrogens is 160 g/mol. The average molecular weight is 164 g/mol. The van der Waals surface area contributed by atoms with Crippen molar-refractivity contribution in [2.75, 3.05) is 0 Å². The molecule has 0 fully saturated rings. The fourth-order valence-corrected chi connectivity index (χ4v) is 0.952. The molecule has 6 nitrogen and oxygen atoms in total. The number of carbonyl (C=O) groups excluding carboxylic acids is 2. The summed E-state index contributed by atoms with van der Waals surface area (Å²) >= 11 is 0. The van der Waals surface area contributed by atoms with Crippen LogP contribution in [0.25, 0.3) is 0 Å². The van der Waals surface area contributed by atoms with E-state index in [0.717, 1.165) is 0 Å². The van der Waals surface area contributed by atoms with E-state index in [1.54, 1.807) is 0 Å². The van der Waals surface area contributed by atoms with Gasteiger partial charge in [0.25, 0.3) is 5.91 Å². The van der Waals surface area contributed by atoms with Gasteiger partial charge < -0.3 is 0 Å². The van der Waals surface area contributed by atoms with Crippen molar-refractivity contribution in [1.82, 2.24) is 5.32 Å². The summed E-state index contributed by atoms with van der Waals surface area (Å²) in [5.74, 6) is -0.315. The van der Waals surface area contributed by atoms with Crippen LogP contribution >= 0.6 is 0 Å². The van der Waals surface area contributed by atoms with E-state index in [1.165, 1.54) is 12.4 Å². The molecule has 6 heteroatoms. The minimum Gasteiger partial charge on any atom is -0.274 e. The highest BCUT2D eigenvalue weighted by Crippen LogP contribution is 2.05. The van der Waals surface area contributed by atoms with Gasteiger partial charge in [0.1, 0.15) is 0 Å². The molecule has 0 aliphatic carbocycles. The van der Waals surface area contributed by atoms with Crippen LogP contribution in [0.15, 0.2) is 15.0 Å². The Bertz CT molecular complexity index is 341. The van der Waals surface area contributed by atoms with E-state index in [4.69, 9.17) is 0 Å². The number of amidine groups is 1. The number of carbonyl (C=O) groups is 2. The second kappa shape index (κ2) is 2.33. The van der Waals surface area contributed by atoms with Gasteiger partial charge >= 0.3 is 6.03 Å². The molecule has 0 bridgehead atoms. The number of urea groups is 1. The molecule has 2 aliphatic heterocycles. The van der Waals surface area contributed by atoms with Gasteiger partial charge in [0.15, 0.2) is 11.9 Å². The van der Waals surface area contributed by atoms with E-state index in [-0.39, 0.29) is 5.84 Å². The van der Waals surface area contributed by atoms with Crippen LogP contribution < -0.4 is 5.32 Å². The summed E-state index contributed by atoms with van der Waals surface area (Å²) in [6, 6.07) is -1.42. The summed E-state index contributed by atoms with van der Waals surface area (Å²) in [7, 11) is 0. The number of hydrogen-bond acceptors (Lipinski definition) is 4. The Morgan fingerprint density at radius 2 is 2.17 bits per heavy atom. The molecule has 1 N–H and O–H groups in total. The first kappa shape index (κ1) is 6.84. The first-order valence-corrected chi connectivity index (χ1v) is 3.26. The number of fused-ring (bicyclic) bond motifs is 1. The van der Waals surface area contributed by atoms with E-state index in [2.05, 4.69) is 15.0 Å². The van der Waals surface area contributed by atoms with Crippen molar-refractivity contribution in [2.45, 2.75) is 6.04 Å². The molecule has 3 amide bonds. The number of nitrogens with one attached hydrogen (secondary N) is 1. The summed E-state index contributed by atoms with van der Waals surface area (Å²) in [5, 5.41) is 2.03. The predicted octanol–water partition coefficient (Wildman–Crippen LogP) is -0.841. The fraction of sp³-hybridized carbons (Fsp3) is 0.167. The molecular formula is C6H4N4O2. The second-order valence-electron chi connectivity index (χ2n) is 2.24. The minimum absolute atomic E-state index is 0.159. The molecule has 60 valence electrons. The zero-order chi connectivity index (χ0) is 8.55. The van der Waals surface area contributed by atoms with Gasteiger partial charge in [0.05, 0.1) is 0 Å². The van der Waals surface area contributed by atoms with Crippen molar-refractivity contribution in [3.8, 4) is 0 Å². The molecule has 2 aliphatic rings. The van der Waals surface area contributed by atoms with E-state index in [1.807, 2.05) is 5.32 Å². The maximum Gasteiger partial charge on any atom is 0.349 e. The third kappa shape index (κ3) is 0.931. The third-order valence-corrected chi connectivity index (χ3v) is 1.45. The molecule has 2 heterocycles. The lowest BCUT2D eigenvalue weighted by molar-refractivity contribution is -0.119. The first-order chi connectivity index (χ1) is 5.77. The molecule has 12 heavy (non-hydrogen) atoms. The van der Waals surface area contributed by atoms with Gasteiger partial charge in [0.2, 0.25) is 0 Å². The Kier molecular flexibility index (Phi) is 1.33. The maximum atomic E-state index is 11.0. The van der Waals surface area contributed by atoms with Gasteiger partial charge in [-0.25, -0.2) is 9.79 Å². The third-order valence-electron chi connectivity index (χ3n) is 1.45. The highest BCUT2D eigenvalue weighted by Gasteiger charge is 2.30. The highest BCUT2D eigenvalue weighted by molar-refractivity contribution is 6.29. The SMILES string of the molecule is O=C1N=C2N=CC=NC2C(=O)N1. The molecule has 2 rings (SSSR count). The first-order valence-electron chi connectivity index (χ1n) is 3.26. The molecule has 1 unspecified atom stereocenters. The Morgan fingerprint density at radius 3 is 3.00 bits per heavy atom. The lowest BCUT2D eigenvalue weighted by Crippen LogP contribution is -2.46. The van der Waals surface area contributed by atoms with Crippen LogP contribution in [0.3, 0.4) is 0 Å². The Hall–Kier alpha value is -1.85. The van der Waals surface area contributed by atoms with Crippen molar-refractivity contribution >= 4 is 30.2 Å². The van der Waals surface area contributed by atoms with Crippen molar-refractivity contribution in [1.29, 1.82) is 0 Å². The fourth-order valence-electron chi connectivity index (χ4n) is 0.952. The molecule has 0 spiro atoms. The number of imide groups is 1. The zero-order valence-corrected chi connectivity index (χ0v) is 5.89. The van der Waals surface area contributed by atoms with Crippen LogP contribution in [0.1, 0.15) is 0 Å². The standard InChI is InChI=1S/C6H4N4O2/c11-5-3-4(8-2-1-7-3)9-6(12)10-5/h1-3H,(H,10,11,12). The van der Waals surface area contributed by atoms with Crippen LogP contribution in [-0.2, 0) is 4.79 Å². The average Bonchev–Trinajstić information content (AvgIpc) is 2.04. The molecule has 0 aromatic rings. The van der Waals surface area contributed by atoms with Gasteiger partial charge in [-0.3, -0.25) is 15.1 Å². The molecule has 0 aromatic carbocycles. The normalized spacial score (nSPS) is 26.3. The van der Waals surface area contributed by atoms with Gasteiger partial charge in [-0.2, -0.15) is 4.99 Å². The van der Waals surface area contributed by atoms with Crippen LogP contribution in [0.4, 0.5) is 4.79 Å². The second-order valence-corrected chi connectivity index (χ2v) is 2.24. The van der Waals surface area contributed by atoms with Crippen molar-refractivity contribution in [3.05, 3.63) is 0 Å². The van der Waals surface area contributed by atoms with E-state index < -0.39 is 18.0 Å². The van der Waals surface area contributed by atoms with Crippen molar-refractivity contribution < 1.29 is 9.59 Å². The summed E-state index contributed by atoms with van der Waals surface area (Å²) in [6.07, 6.45) is 2.79. The van der Waals surface area contributed by atoms with Gasteiger partial charge in [-0.1, -0.05) is 0 Å². The summed E-state index contributed by atoms with van der Waals surface area (Å²) in [5.41, 5.74) is 0. The maximum absolute atomic E-state index is 11.0. The topological polar surface area (TPSA) is 83.2 Å². The highest BCUT2D eigenvalue weighted by atomic mass is 16.2. The molecule has 0 saturated carbocycles. The van der Waals surface area contributed by atoms with Crippen LogP contribution in [0, 0.1) is 0 Å². The van der Waals surface area contributed by atoms with Crippen molar-refractivity contribution in [3.63, 3.8) is 0 Å².